The minimum atomic E-state index is -0.721. The van der Waals surface area contributed by atoms with E-state index in [1.54, 1.807) is 55.5 Å². The van der Waals surface area contributed by atoms with Crippen LogP contribution in [0.2, 0.25) is 0 Å². The average Bonchev–Trinajstić information content (AvgIpc) is 3.08. The molecule has 46 heavy (non-hydrogen) atoms. The summed E-state index contributed by atoms with van der Waals surface area (Å²) in [4.78, 5) is 41.6. The fourth-order valence-corrected chi connectivity index (χ4v) is 4.59. The van der Waals surface area contributed by atoms with Gasteiger partial charge in [-0.3, -0.25) is 14.9 Å². The number of hydrogen-bond donors (Lipinski definition) is 0. The van der Waals surface area contributed by atoms with E-state index in [2.05, 4.69) is 5.10 Å². The molecule has 5 aromatic rings. The number of nitro groups is 1. The Morgan fingerprint density at radius 2 is 1.61 bits per heavy atom. The zero-order chi connectivity index (χ0) is 32.8. The molecule has 234 valence electrons. The SMILES string of the molecule is CCOc1cc(C=Nn2c(-c3cc(OC)c(OC)c(OC)c3)nc3ccccc3c2=O)ccc1OC(=O)c1ccc([N+](=O)[O-])cc1. The van der Waals surface area contributed by atoms with Crippen molar-refractivity contribution in [1.29, 1.82) is 0 Å². The summed E-state index contributed by atoms with van der Waals surface area (Å²) in [7, 11) is 4.47. The zero-order valence-electron chi connectivity index (χ0n) is 25.3. The van der Waals surface area contributed by atoms with Crippen molar-refractivity contribution >= 4 is 28.8 Å². The Hall–Kier alpha value is -6.24. The predicted molar refractivity (Wildman–Crippen MR) is 170 cm³/mol. The quantitative estimate of drug-likeness (QED) is 0.0605. The van der Waals surface area contributed by atoms with Crippen LogP contribution >= 0.6 is 0 Å². The first-order chi connectivity index (χ1) is 22.3. The van der Waals surface area contributed by atoms with Crippen molar-refractivity contribution < 1.29 is 33.4 Å². The second-order valence-electron chi connectivity index (χ2n) is 9.56. The fraction of sp³-hybridized carbons (Fsp3) is 0.152. The van der Waals surface area contributed by atoms with Crippen LogP contribution in [0.5, 0.6) is 28.7 Å². The van der Waals surface area contributed by atoms with E-state index >= 15 is 0 Å². The molecule has 1 heterocycles. The molecule has 1 aromatic heterocycles. The van der Waals surface area contributed by atoms with Gasteiger partial charge in [0.25, 0.3) is 11.2 Å². The summed E-state index contributed by atoms with van der Waals surface area (Å²) >= 11 is 0. The van der Waals surface area contributed by atoms with Crippen molar-refractivity contribution in [3.8, 4) is 40.1 Å². The Kier molecular flexibility index (Phi) is 9.22. The van der Waals surface area contributed by atoms with Crippen LogP contribution in [0.3, 0.4) is 0 Å². The second-order valence-corrected chi connectivity index (χ2v) is 9.56. The maximum absolute atomic E-state index is 13.7. The van der Waals surface area contributed by atoms with Crippen LogP contribution in [-0.2, 0) is 0 Å². The molecule has 0 N–H and O–H groups in total. The number of non-ortho nitro benzene ring substituents is 1. The summed E-state index contributed by atoms with van der Waals surface area (Å²) in [6, 6.07) is 20.1. The van der Waals surface area contributed by atoms with E-state index in [-0.39, 0.29) is 35.2 Å². The summed E-state index contributed by atoms with van der Waals surface area (Å²) in [5, 5.41) is 15.8. The van der Waals surface area contributed by atoms with Gasteiger partial charge in [-0.15, -0.1) is 0 Å². The Morgan fingerprint density at radius 3 is 2.24 bits per heavy atom. The number of para-hydroxylation sites is 1. The lowest BCUT2D eigenvalue weighted by atomic mass is 10.1. The molecule has 0 fully saturated rings. The molecule has 0 aliphatic heterocycles. The van der Waals surface area contributed by atoms with E-state index in [0.717, 1.165) is 0 Å². The Balaban J connectivity index is 1.54. The number of rotatable bonds is 11. The van der Waals surface area contributed by atoms with Crippen molar-refractivity contribution in [3.63, 3.8) is 0 Å². The standard InChI is InChI=1S/C33H28N4O9/c1-5-45-27-16-20(10-15-26(27)46-33(39)21-11-13-23(14-12-21)37(40)41)19-34-36-31(35-25-9-7-6-8-24(25)32(36)38)22-17-28(42-2)30(44-4)29(18-22)43-3/h6-19H,5H2,1-4H3. The molecule has 0 saturated carbocycles. The van der Waals surface area contributed by atoms with Gasteiger partial charge in [0.05, 0.1) is 55.5 Å². The van der Waals surface area contributed by atoms with Gasteiger partial charge < -0.3 is 23.7 Å². The maximum Gasteiger partial charge on any atom is 0.343 e. The van der Waals surface area contributed by atoms with Crippen LogP contribution in [-0.4, -0.2) is 54.7 Å². The molecule has 0 aliphatic rings. The Labute approximate surface area is 262 Å². The lowest BCUT2D eigenvalue weighted by Gasteiger charge is -2.15. The molecule has 5 rings (SSSR count). The number of ether oxygens (including phenoxy) is 5. The third-order valence-corrected chi connectivity index (χ3v) is 6.78. The highest BCUT2D eigenvalue weighted by atomic mass is 16.6. The van der Waals surface area contributed by atoms with Gasteiger partial charge >= 0.3 is 5.97 Å². The Morgan fingerprint density at radius 1 is 0.913 bits per heavy atom. The molecule has 0 radical (unpaired) electrons. The largest absolute Gasteiger partial charge is 0.493 e. The lowest BCUT2D eigenvalue weighted by molar-refractivity contribution is -0.384. The normalized spacial score (nSPS) is 11.0. The monoisotopic (exact) mass is 624 g/mol. The van der Waals surface area contributed by atoms with Crippen molar-refractivity contribution in [1.82, 2.24) is 9.66 Å². The molecular weight excluding hydrogens is 596 g/mol. The number of hydrogen-bond acceptors (Lipinski definition) is 11. The van der Waals surface area contributed by atoms with Crippen molar-refractivity contribution in [3.05, 3.63) is 110 Å². The number of fused-ring (bicyclic) bond motifs is 1. The minimum Gasteiger partial charge on any atom is -0.493 e. The number of aromatic nitrogens is 2. The Bertz CT molecular complexity index is 2000. The van der Waals surface area contributed by atoms with Gasteiger partial charge in [0.15, 0.2) is 28.8 Å². The van der Waals surface area contributed by atoms with Gasteiger partial charge in [-0.05, 0) is 67.1 Å². The summed E-state index contributed by atoms with van der Waals surface area (Å²) in [5.74, 6) is 0.995. The zero-order valence-corrected chi connectivity index (χ0v) is 25.3. The highest BCUT2D eigenvalue weighted by Crippen LogP contribution is 2.41. The van der Waals surface area contributed by atoms with Crippen LogP contribution < -0.4 is 29.2 Å². The van der Waals surface area contributed by atoms with Crippen molar-refractivity contribution in [2.45, 2.75) is 6.92 Å². The molecule has 4 aromatic carbocycles. The molecule has 0 saturated heterocycles. The highest BCUT2D eigenvalue weighted by molar-refractivity contribution is 5.92. The van der Waals surface area contributed by atoms with E-state index in [1.165, 1.54) is 62.6 Å². The van der Waals surface area contributed by atoms with Gasteiger partial charge in [-0.2, -0.15) is 9.78 Å². The first kappa shape index (κ1) is 31.2. The maximum atomic E-state index is 13.7. The third-order valence-electron chi connectivity index (χ3n) is 6.78. The molecule has 0 spiro atoms. The van der Waals surface area contributed by atoms with E-state index in [1.807, 2.05) is 0 Å². The number of methoxy groups -OCH3 is 3. The van der Waals surface area contributed by atoms with E-state index in [9.17, 15) is 19.7 Å². The number of nitro benzene ring substituents is 1. The lowest BCUT2D eigenvalue weighted by Crippen LogP contribution is -2.20. The smallest absolute Gasteiger partial charge is 0.343 e. The van der Waals surface area contributed by atoms with E-state index in [4.69, 9.17) is 28.7 Å². The van der Waals surface area contributed by atoms with Crippen LogP contribution in [0.4, 0.5) is 5.69 Å². The molecule has 13 heteroatoms. The summed E-state index contributed by atoms with van der Waals surface area (Å²) < 4.78 is 28.9. The van der Waals surface area contributed by atoms with E-state index in [0.29, 0.717) is 39.3 Å². The van der Waals surface area contributed by atoms with Crippen molar-refractivity contribution in [2.24, 2.45) is 5.10 Å². The topological polar surface area (TPSA) is 154 Å². The average molecular weight is 625 g/mol. The number of carbonyl (C=O) groups excluding carboxylic acids is 1. The van der Waals surface area contributed by atoms with Crippen LogP contribution in [0.15, 0.2) is 88.8 Å². The molecular formula is C33H28N4O9. The molecule has 13 nitrogen and oxygen atoms in total. The number of carbonyl (C=O) groups is 1. The van der Waals surface area contributed by atoms with E-state index < -0.39 is 16.5 Å². The molecule has 0 aliphatic carbocycles. The van der Waals surface area contributed by atoms with Gasteiger partial charge in [0.2, 0.25) is 5.75 Å². The summed E-state index contributed by atoms with van der Waals surface area (Å²) in [6.07, 6.45) is 1.45. The van der Waals surface area contributed by atoms with Gasteiger partial charge in [-0.25, -0.2) is 9.78 Å². The van der Waals surface area contributed by atoms with Gasteiger partial charge in [-0.1, -0.05) is 12.1 Å². The third kappa shape index (κ3) is 6.33. The molecule has 0 atom stereocenters. The molecule has 0 amide bonds. The first-order valence-corrected chi connectivity index (χ1v) is 13.9. The van der Waals surface area contributed by atoms with Crippen LogP contribution in [0, 0.1) is 10.1 Å². The molecule has 0 unspecified atom stereocenters. The fourth-order valence-electron chi connectivity index (χ4n) is 4.59. The van der Waals surface area contributed by atoms with Crippen molar-refractivity contribution in [2.75, 3.05) is 27.9 Å². The van der Waals surface area contributed by atoms with Gasteiger partial charge in [0.1, 0.15) is 0 Å². The minimum absolute atomic E-state index is 0.126. The second kappa shape index (κ2) is 13.6. The first-order valence-electron chi connectivity index (χ1n) is 13.9. The van der Waals surface area contributed by atoms with Crippen LogP contribution in [0.1, 0.15) is 22.8 Å². The highest BCUT2D eigenvalue weighted by Gasteiger charge is 2.19. The summed E-state index contributed by atoms with van der Waals surface area (Å²) in [6.45, 7) is 2.04. The number of nitrogens with zero attached hydrogens (tertiary/aromatic N) is 4. The number of esters is 1. The van der Waals surface area contributed by atoms with Gasteiger partial charge in [0, 0.05) is 17.7 Å². The number of benzene rings is 4. The molecule has 0 bridgehead atoms. The predicted octanol–water partition coefficient (Wildman–Crippen LogP) is 5.50. The summed E-state index contributed by atoms with van der Waals surface area (Å²) in [5.41, 5.74) is 1.04. The van der Waals surface area contributed by atoms with Crippen LogP contribution in [0.25, 0.3) is 22.3 Å².